The van der Waals surface area contributed by atoms with Crippen molar-refractivity contribution in [3.63, 3.8) is 0 Å². The average Bonchev–Trinajstić information content (AvgIpc) is 2.79. The minimum atomic E-state index is -3.89. The summed E-state index contributed by atoms with van der Waals surface area (Å²) in [6.45, 7) is 0. The maximum atomic E-state index is 12.7. The Kier molecular flexibility index (Phi) is 4.26. The SMILES string of the molecule is COc1ccc(Cl)cc1NS(=O)(=O)c1ccc2c(c1)n(C)c(=O)n2C. The second kappa shape index (κ2) is 6.12. The minimum Gasteiger partial charge on any atom is -0.495 e. The molecule has 1 aromatic heterocycles. The van der Waals surface area contributed by atoms with Crippen molar-refractivity contribution < 1.29 is 13.2 Å². The third-order valence-electron chi connectivity index (χ3n) is 3.96. The van der Waals surface area contributed by atoms with Gasteiger partial charge in [-0.05, 0) is 36.4 Å². The van der Waals surface area contributed by atoms with Crippen molar-refractivity contribution in [1.82, 2.24) is 9.13 Å². The van der Waals surface area contributed by atoms with Gasteiger partial charge >= 0.3 is 5.69 Å². The minimum absolute atomic E-state index is 0.0308. The Hall–Kier alpha value is -2.45. The molecule has 1 N–H and O–H groups in total. The molecule has 25 heavy (non-hydrogen) atoms. The van der Waals surface area contributed by atoms with Crippen molar-refractivity contribution in [2.24, 2.45) is 14.1 Å². The number of nitrogens with one attached hydrogen (secondary N) is 1. The van der Waals surface area contributed by atoms with Crippen LogP contribution in [0.1, 0.15) is 0 Å². The molecule has 0 radical (unpaired) electrons. The molecule has 1 heterocycles. The predicted octanol–water partition coefficient (Wildman–Crippen LogP) is 2.34. The Balaban J connectivity index is 2.09. The number of anilines is 1. The standard InChI is InChI=1S/C16H16ClN3O4S/c1-19-13-6-5-11(9-14(13)20(2)16(19)21)25(22,23)18-12-8-10(17)4-7-15(12)24-3/h4-9,18H,1-3H3. The van der Waals surface area contributed by atoms with Gasteiger partial charge in [-0.1, -0.05) is 11.6 Å². The fourth-order valence-corrected chi connectivity index (χ4v) is 3.87. The molecule has 0 fully saturated rings. The first-order valence-electron chi connectivity index (χ1n) is 7.26. The summed E-state index contributed by atoms with van der Waals surface area (Å²) in [6.07, 6.45) is 0. The Morgan fingerprint density at radius 3 is 2.40 bits per heavy atom. The van der Waals surface area contributed by atoms with E-state index in [0.717, 1.165) is 0 Å². The predicted molar refractivity (Wildman–Crippen MR) is 97.0 cm³/mol. The number of benzene rings is 2. The number of ether oxygens (including phenoxy) is 1. The lowest BCUT2D eigenvalue weighted by atomic mass is 10.3. The highest BCUT2D eigenvalue weighted by atomic mass is 35.5. The molecular weight excluding hydrogens is 366 g/mol. The van der Waals surface area contributed by atoms with Crippen LogP contribution >= 0.6 is 11.6 Å². The molecule has 0 aliphatic heterocycles. The van der Waals surface area contributed by atoms with Crippen LogP contribution in [0.5, 0.6) is 5.75 Å². The fraction of sp³-hybridized carbons (Fsp3) is 0.188. The Morgan fingerprint density at radius 1 is 1.04 bits per heavy atom. The highest BCUT2D eigenvalue weighted by Gasteiger charge is 2.19. The molecule has 0 saturated heterocycles. The van der Waals surface area contributed by atoms with Crippen LogP contribution in [0.2, 0.25) is 5.02 Å². The Morgan fingerprint density at radius 2 is 1.72 bits per heavy atom. The summed E-state index contributed by atoms with van der Waals surface area (Å²) in [5.74, 6) is 0.348. The molecule has 3 aromatic rings. The van der Waals surface area contributed by atoms with Gasteiger partial charge in [0.15, 0.2) is 0 Å². The summed E-state index contributed by atoms with van der Waals surface area (Å²) in [4.78, 5) is 12.0. The lowest BCUT2D eigenvalue weighted by Crippen LogP contribution is -2.19. The topological polar surface area (TPSA) is 82.3 Å². The third kappa shape index (κ3) is 2.98. The quantitative estimate of drug-likeness (QED) is 0.752. The lowest BCUT2D eigenvalue weighted by Gasteiger charge is -2.12. The maximum absolute atomic E-state index is 12.7. The molecule has 3 rings (SSSR count). The molecule has 2 aromatic carbocycles. The number of halogens is 1. The van der Waals surface area contributed by atoms with Gasteiger partial charge < -0.3 is 4.74 Å². The molecule has 132 valence electrons. The first-order valence-corrected chi connectivity index (χ1v) is 9.12. The van der Waals surface area contributed by atoms with E-state index < -0.39 is 10.0 Å². The maximum Gasteiger partial charge on any atom is 0.328 e. The van der Waals surface area contributed by atoms with Gasteiger partial charge in [-0.2, -0.15) is 0 Å². The van der Waals surface area contributed by atoms with Crippen LogP contribution in [0.15, 0.2) is 46.1 Å². The molecular formula is C16H16ClN3O4S. The molecule has 0 bridgehead atoms. The van der Waals surface area contributed by atoms with Crippen LogP contribution in [0, 0.1) is 0 Å². The second-order valence-corrected chi connectivity index (χ2v) is 7.62. The van der Waals surface area contributed by atoms with Crippen LogP contribution in [0.4, 0.5) is 5.69 Å². The lowest BCUT2D eigenvalue weighted by molar-refractivity contribution is 0.417. The zero-order valence-corrected chi connectivity index (χ0v) is 15.4. The molecule has 0 saturated carbocycles. The van der Waals surface area contributed by atoms with Crippen molar-refractivity contribution in [2.45, 2.75) is 4.90 Å². The van der Waals surface area contributed by atoms with E-state index in [-0.39, 0.29) is 16.3 Å². The number of aromatic nitrogens is 2. The third-order valence-corrected chi connectivity index (χ3v) is 5.56. The van der Waals surface area contributed by atoms with Crippen molar-refractivity contribution in [3.8, 4) is 5.75 Å². The smallest absolute Gasteiger partial charge is 0.328 e. The van der Waals surface area contributed by atoms with E-state index in [9.17, 15) is 13.2 Å². The monoisotopic (exact) mass is 381 g/mol. The molecule has 0 spiro atoms. The number of hydrogen-bond acceptors (Lipinski definition) is 4. The Labute approximate surface area is 149 Å². The fourth-order valence-electron chi connectivity index (χ4n) is 2.62. The van der Waals surface area contributed by atoms with E-state index in [1.165, 1.54) is 34.4 Å². The van der Waals surface area contributed by atoms with Crippen LogP contribution < -0.4 is 15.1 Å². The first kappa shape index (κ1) is 17.4. The summed E-state index contributed by atoms with van der Waals surface area (Å²) in [7, 11) is 0.774. The van der Waals surface area contributed by atoms with Crippen molar-refractivity contribution in [2.75, 3.05) is 11.8 Å². The Bertz CT molecular complexity index is 1130. The normalized spacial score (nSPS) is 11.7. The van der Waals surface area contributed by atoms with E-state index in [1.54, 1.807) is 32.3 Å². The number of aryl methyl sites for hydroxylation is 2. The van der Waals surface area contributed by atoms with Gasteiger partial charge in [0.05, 0.1) is 28.7 Å². The van der Waals surface area contributed by atoms with Gasteiger partial charge in [-0.15, -0.1) is 0 Å². The number of imidazole rings is 1. The van der Waals surface area contributed by atoms with E-state index >= 15 is 0 Å². The summed E-state index contributed by atoms with van der Waals surface area (Å²) < 4.78 is 35.9. The molecule has 0 aliphatic rings. The van der Waals surface area contributed by atoms with Crippen LogP contribution in [-0.2, 0) is 24.1 Å². The first-order chi connectivity index (χ1) is 11.7. The highest BCUT2D eigenvalue weighted by Crippen LogP contribution is 2.30. The van der Waals surface area contributed by atoms with Crippen molar-refractivity contribution in [1.29, 1.82) is 0 Å². The number of hydrogen-bond donors (Lipinski definition) is 1. The van der Waals surface area contributed by atoms with Crippen LogP contribution in [-0.4, -0.2) is 24.7 Å². The molecule has 0 atom stereocenters. The molecule has 9 heteroatoms. The van der Waals surface area contributed by atoms with E-state index in [2.05, 4.69) is 4.72 Å². The summed E-state index contributed by atoms with van der Waals surface area (Å²) in [6, 6.07) is 9.14. The number of methoxy groups -OCH3 is 1. The van der Waals surface area contributed by atoms with E-state index in [4.69, 9.17) is 16.3 Å². The van der Waals surface area contributed by atoms with Gasteiger partial charge in [0.1, 0.15) is 5.75 Å². The van der Waals surface area contributed by atoms with Gasteiger partial charge in [0, 0.05) is 19.1 Å². The number of sulfonamides is 1. The summed E-state index contributed by atoms with van der Waals surface area (Å²) >= 11 is 5.94. The van der Waals surface area contributed by atoms with Crippen LogP contribution in [0.3, 0.4) is 0 Å². The average molecular weight is 382 g/mol. The largest absolute Gasteiger partial charge is 0.495 e. The van der Waals surface area contributed by atoms with E-state index in [0.29, 0.717) is 21.8 Å². The van der Waals surface area contributed by atoms with Gasteiger partial charge in [0.2, 0.25) is 0 Å². The van der Waals surface area contributed by atoms with Gasteiger partial charge in [-0.25, -0.2) is 13.2 Å². The zero-order valence-electron chi connectivity index (χ0n) is 13.8. The number of nitrogens with zero attached hydrogens (tertiary/aromatic N) is 2. The van der Waals surface area contributed by atoms with Crippen molar-refractivity contribution in [3.05, 3.63) is 51.9 Å². The second-order valence-electron chi connectivity index (χ2n) is 5.50. The highest BCUT2D eigenvalue weighted by molar-refractivity contribution is 7.92. The van der Waals surface area contributed by atoms with Crippen LogP contribution in [0.25, 0.3) is 11.0 Å². The molecule has 0 amide bonds. The van der Waals surface area contributed by atoms with Gasteiger partial charge in [0.25, 0.3) is 10.0 Å². The zero-order chi connectivity index (χ0) is 18.4. The van der Waals surface area contributed by atoms with Gasteiger partial charge in [-0.3, -0.25) is 13.9 Å². The molecule has 0 aliphatic carbocycles. The van der Waals surface area contributed by atoms with E-state index in [1.807, 2.05) is 0 Å². The molecule has 7 nitrogen and oxygen atoms in total. The number of rotatable bonds is 4. The summed E-state index contributed by atoms with van der Waals surface area (Å²) in [5.41, 5.74) is 1.17. The molecule has 0 unspecified atom stereocenters. The summed E-state index contributed by atoms with van der Waals surface area (Å²) in [5, 5.41) is 0.374. The number of fused-ring (bicyclic) bond motifs is 1. The van der Waals surface area contributed by atoms with Crippen molar-refractivity contribution >= 4 is 38.3 Å².